The summed E-state index contributed by atoms with van der Waals surface area (Å²) in [6.07, 6.45) is 5.04. The fourth-order valence-electron chi connectivity index (χ4n) is 2.19. The Bertz CT molecular complexity index is 227. The van der Waals surface area contributed by atoms with Crippen molar-refractivity contribution in [3.63, 3.8) is 0 Å². The van der Waals surface area contributed by atoms with E-state index in [4.69, 9.17) is 11.0 Å². The first-order chi connectivity index (χ1) is 6.24. The Labute approximate surface area is 79.5 Å². The third-order valence-corrected chi connectivity index (χ3v) is 3.40. The Hall–Kier alpha value is -0.590. The molecule has 3 nitrogen and oxygen atoms in total. The van der Waals surface area contributed by atoms with Crippen molar-refractivity contribution in [3.8, 4) is 6.07 Å². The molecule has 2 rings (SSSR count). The highest BCUT2D eigenvalue weighted by atomic mass is 15.2. The average Bonchev–Trinajstić information content (AvgIpc) is 2.75. The number of nitrogens with two attached hydrogens (primary N) is 1. The molecule has 0 aromatic heterocycles. The molecule has 1 saturated heterocycles. The predicted molar refractivity (Wildman–Crippen MR) is 50.9 cm³/mol. The van der Waals surface area contributed by atoms with Crippen molar-refractivity contribution >= 4 is 0 Å². The van der Waals surface area contributed by atoms with E-state index in [1.165, 1.54) is 32.4 Å². The SMILES string of the molecule is N#CC(N)CCN1CCC2(CC2)C1. The maximum absolute atomic E-state index is 8.53. The van der Waals surface area contributed by atoms with Crippen molar-refractivity contribution in [2.75, 3.05) is 19.6 Å². The van der Waals surface area contributed by atoms with Gasteiger partial charge in [-0.2, -0.15) is 5.26 Å². The van der Waals surface area contributed by atoms with Crippen molar-refractivity contribution in [2.24, 2.45) is 11.1 Å². The summed E-state index contributed by atoms with van der Waals surface area (Å²) in [5.74, 6) is 0. The summed E-state index contributed by atoms with van der Waals surface area (Å²) in [6.45, 7) is 3.49. The molecule has 1 aliphatic heterocycles. The zero-order valence-electron chi connectivity index (χ0n) is 8.00. The quantitative estimate of drug-likeness (QED) is 0.694. The van der Waals surface area contributed by atoms with Crippen molar-refractivity contribution < 1.29 is 0 Å². The van der Waals surface area contributed by atoms with Gasteiger partial charge in [0.25, 0.3) is 0 Å². The summed E-state index contributed by atoms with van der Waals surface area (Å²) in [5, 5.41) is 8.53. The van der Waals surface area contributed by atoms with Gasteiger partial charge in [0.2, 0.25) is 0 Å². The van der Waals surface area contributed by atoms with E-state index in [1.54, 1.807) is 0 Å². The van der Waals surface area contributed by atoms with Gasteiger partial charge >= 0.3 is 0 Å². The molecule has 0 bridgehead atoms. The molecular weight excluding hydrogens is 162 g/mol. The molecule has 0 amide bonds. The van der Waals surface area contributed by atoms with Crippen LogP contribution < -0.4 is 5.73 Å². The molecule has 1 spiro atoms. The molecule has 1 atom stereocenters. The van der Waals surface area contributed by atoms with Crippen LogP contribution in [0, 0.1) is 16.7 Å². The summed E-state index contributed by atoms with van der Waals surface area (Å²) in [6, 6.07) is 1.81. The van der Waals surface area contributed by atoms with E-state index in [2.05, 4.69) is 11.0 Å². The van der Waals surface area contributed by atoms with Crippen LogP contribution in [0.1, 0.15) is 25.7 Å². The molecule has 13 heavy (non-hydrogen) atoms. The lowest BCUT2D eigenvalue weighted by molar-refractivity contribution is 0.312. The van der Waals surface area contributed by atoms with Crippen LogP contribution in [0.25, 0.3) is 0 Å². The van der Waals surface area contributed by atoms with Gasteiger partial charge in [-0.3, -0.25) is 0 Å². The predicted octanol–water partition coefficient (Wildman–Crippen LogP) is 0.713. The van der Waals surface area contributed by atoms with Gasteiger partial charge in [0.15, 0.2) is 0 Å². The minimum absolute atomic E-state index is 0.268. The maximum atomic E-state index is 8.53. The normalized spacial score (nSPS) is 27.4. The minimum Gasteiger partial charge on any atom is -0.316 e. The van der Waals surface area contributed by atoms with Crippen molar-refractivity contribution in [2.45, 2.75) is 31.7 Å². The topological polar surface area (TPSA) is 53.1 Å². The van der Waals surface area contributed by atoms with Gasteiger partial charge < -0.3 is 10.6 Å². The molecule has 1 saturated carbocycles. The summed E-state index contributed by atoms with van der Waals surface area (Å²) in [4.78, 5) is 2.46. The molecular formula is C10H17N3. The first-order valence-corrected chi connectivity index (χ1v) is 5.12. The van der Waals surface area contributed by atoms with Gasteiger partial charge in [0, 0.05) is 13.1 Å². The highest BCUT2D eigenvalue weighted by Crippen LogP contribution is 2.52. The number of likely N-dealkylation sites (tertiary alicyclic amines) is 1. The summed E-state index contributed by atoms with van der Waals surface area (Å²) >= 11 is 0. The molecule has 0 aromatic rings. The monoisotopic (exact) mass is 179 g/mol. The van der Waals surface area contributed by atoms with E-state index in [0.29, 0.717) is 5.41 Å². The van der Waals surface area contributed by atoms with Crippen molar-refractivity contribution in [1.29, 1.82) is 5.26 Å². The fourth-order valence-corrected chi connectivity index (χ4v) is 2.19. The first-order valence-electron chi connectivity index (χ1n) is 5.12. The summed E-state index contributed by atoms with van der Waals surface area (Å²) in [7, 11) is 0. The number of nitriles is 1. The standard InChI is InChI=1S/C10H17N3/c11-7-9(12)1-5-13-6-4-10(8-13)2-3-10/h9H,1-6,8,12H2. The highest BCUT2D eigenvalue weighted by molar-refractivity contribution is 5.00. The second kappa shape index (κ2) is 3.28. The number of rotatable bonds is 3. The average molecular weight is 179 g/mol. The lowest BCUT2D eigenvalue weighted by atomic mass is 10.1. The molecule has 1 aliphatic carbocycles. The largest absolute Gasteiger partial charge is 0.316 e. The molecule has 1 unspecified atom stereocenters. The first kappa shape index (κ1) is 8.98. The minimum atomic E-state index is -0.268. The van der Waals surface area contributed by atoms with Crippen molar-refractivity contribution in [1.82, 2.24) is 4.90 Å². The molecule has 2 N–H and O–H groups in total. The van der Waals surface area contributed by atoms with Gasteiger partial charge in [-0.05, 0) is 37.6 Å². The zero-order chi connectivity index (χ0) is 9.31. The maximum Gasteiger partial charge on any atom is 0.0940 e. The molecule has 0 radical (unpaired) electrons. The summed E-state index contributed by atoms with van der Waals surface area (Å²) in [5.41, 5.74) is 6.25. The van der Waals surface area contributed by atoms with Gasteiger partial charge in [0.1, 0.15) is 0 Å². The van der Waals surface area contributed by atoms with E-state index in [1.807, 2.05) is 0 Å². The Morgan fingerprint density at radius 3 is 2.77 bits per heavy atom. The van der Waals surface area contributed by atoms with E-state index < -0.39 is 0 Å². The van der Waals surface area contributed by atoms with E-state index in [0.717, 1.165) is 13.0 Å². The Kier molecular flexibility index (Phi) is 2.27. The third-order valence-electron chi connectivity index (χ3n) is 3.40. The van der Waals surface area contributed by atoms with Gasteiger partial charge in [-0.15, -0.1) is 0 Å². The van der Waals surface area contributed by atoms with Crippen molar-refractivity contribution in [3.05, 3.63) is 0 Å². The van der Waals surface area contributed by atoms with Gasteiger partial charge in [-0.25, -0.2) is 0 Å². The molecule has 1 heterocycles. The second-order valence-corrected chi connectivity index (χ2v) is 4.55. The zero-order valence-corrected chi connectivity index (χ0v) is 8.00. The number of nitrogens with zero attached hydrogens (tertiary/aromatic N) is 2. The Balaban J connectivity index is 1.69. The lowest BCUT2D eigenvalue weighted by Gasteiger charge is -2.15. The van der Waals surface area contributed by atoms with Crippen LogP contribution in [0.15, 0.2) is 0 Å². The van der Waals surface area contributed by atoms with E-state index in [-0.39, 0.29) is 6.04 Å². The van der Waals surface area contributed by atoms with Crippen LogP contribution in [0.2, 0.25) is 0 Å². The second-order valence-electron chi connectivity index (χ2n) is 4.55. The van der Waals surface area contributed by atoms with Crippen LogP contribution in [-0.2, 0) is 0 Å². The van der Waals surface area contributed by atoms with Crippen LogP contribution in [-0.4, -0.2) is 30.6 Å². The molecule has 2 aliphatic rings. The van der Waals surface area contributed by atoms with Crippen LogP contribution in [0.3, 0.4) is 0 Å². The van der Waals surface area contributed by atoms with Crippen LogP contribution >= 0.6 is 0 Å². The number of hydrogen-bond acceptors (Lipinski definition) is 3. The molecule has 0 aromatic carbocycles. The van der Waals surface area contributed by atoms with Crippen LogP contribution in [0.4, 0.5) is 0 Å². The molecule has 72 valence electrons. The number of hydrogen-bond donors (Lipinski definition) is 1. The molecule has 2 fully saturated rings. The van der Waals surface area contributed by atoms with E-state index >= 15 is 0 Å². The highest BCUT2D eigenvalue weighted by Gasteiger charge is 2.47. The fraction of sp³-hybridized carbons (Fsp3) is 0.900. The van der Waals surface area contributed by atoms with Gasteiger partial charge in [-0.1, -0.05) is 0 Å². The summed E-state index contributed by atoms with van der Waals surface area (Å²) < 4.78 is 0. The Morgan fingerprint density at radius 2 is 2.23 bits per heavy atom. The van der Waals surface area contributed by atoms with E-state index in [9.17, 15) is 0 Å². The lowest BCUT2D eigenvalue weighted by Crippen LogP contribution is -2.28. The molecule has 3 heteroatoms. The Morgan fingerprint density at radius 1 is 1.46 bits per heavy atom. The third kappa shape index (κ3) is 2.01. The van der Waals surface area contributed by atoms with Gasteiger partial charge in [0.05, 0.1) is 12.1 Å². The van der Waals surface area contributed by atoms with Crippen LogP contribution in [0.5, 0.6) is 0 Å². The smallest absolute Gasteiger partial charge is 0.0940 e.